The van der Waals surface area contributed by atoms with Gasteiger partial charge in [-0.2, -0.15) is 0 Å². The van der Waals surface area contributed by atoms with E-state index >= 15 is 0 Å². The summed E-state index contributed by atoms with van der Waals surface area (Å²) in [6.07, 6.45) is 0. The fraction of sp³-hybridized carbons (Fsp3) is 0. The number of para-hydroxylation sites is 2. The molecule has 0 fully saturated rings. The zero-order chi connectivity index (χ0) is 30.9. The number of ether oxygens (including phenoxy) is 1. The van der Waals surface area contributed by atoms with Gasteiger partial charge in [0.25, 0.3) is 0 Å². The Kier molecular flexibility index (Phi) is 5.76. The van der Waals surface area contributed by atoms with Gasteiger partial charge in [-0.3, -0.25) is 0 Å². The van der Waals surface area contributed by atoms with Gasteiger partial charge >= 0.3 is 0 Å². The van der Waals surface area contributed by atoms with Gasteiger partial charge in [0.1, 0.15) is 11.5 Å². The van der Waals surface area contributed by atoms with E-state index in [0.717, 1.165) is 34.2 Å². The van der Waals surface area contributed by atoms with Crippen LogP contribution in [0, 0.1) is 0 Å². The SMILES string of the molecule is c1ccc(B2c3ccccc3N3c4cccc(c4)N4c5ccccc5B(c5ccccc5)c5ccc(cc54)Oc4ccc2c3c4)cc1. The summed E-state index contributed by atoms with van der Waals surface area (Å²) in [4.78, 5) is 4.83. The van der Waals surface area contributed by atoms with E-state index < -0.39 is 0 Å². The van der Waals surface area contributed by atoms with Crippen LogP contribution in [0.2, 0.25) is 0 Å². The molecule has 3 nitrogen and oxygen atoms in total. The Morgan fingerprint density at radius 2 is 0.766 bits per heavy atom. The normalized spacial score (nSPS) is 13.5. The van der Waals surface area contributed by atoms with Crippen molar-refractivity contribution in [1.82, 2.24) is 0 Å². The molecule has 6 bridgehead atoms. The van der Waals surface area contributed by atoms with Crippen LogP contribution in [0.15, 0.2) is 170 Å². The van der Waals surface area contributed by atoms with Crippen LogP contribution in [0.5, 0.6) is 11.5 Å². The fourth-order valence-electron chi connectivity index (χ4n) is 7.99. The van der Waals surface area contributed by atoms with Crippen LogP contribution in [-0.2, 0) is 0 Å². The number of nitrogens with zero attached hydrogens (tertiary/aromatic N) is 2. The molecule has 0 spiro atoms. The predicted octanol–water partition coefficient (Wildman–Crippen LogP) is 6.39. The van der Waals surface area contributed by atoms with Crippen molar-refractivity contribution < 1.29 is 4.74 Å². The van der Waals surface area contributed by atoms with Gasteiger partial charge in [0.2, 0.25) is 13.4 Å². The zero-order valence-electron chi connectivity index (χ0n) is 25.6. The van der Waals surface area contributed by atoms with Crippen molar-refractivity contribution in [3.8, 4) is 11.5 Å². The molecule has 0 aromatic heterocycles. The molecule has 0 saturated carbocycles. The molecule has 0 N–H and O–H groups in total. The summed E-state index contributed by atoms with van der Waals surface area (Å²) in [6.45, 7) is 0.220. The Morgan fingerprint density at radius 1 is 0.340 bits per heavy atom. The molecule has 0 amide bonds. The van der Waals surface area contributed by atoms with Gasteiger partial charge in [0.15, 0.2) is 0 Å². The molecule has 0 aliphatic carbocycles. The molecule has 5 heteroatoms. The van der Waals surface area contributed by atoms with Gasteiger partial charge < -0.3 is 14.5 Å². The number of benzene rings is 7. The molecular weight excluding hydrogens is 570 g/mol. The van der Waals surface area contributed by atoms with E-state index in [2.05, 4.69) is 180 Å². The highest BCUT2D eigenvalue weighted by molar-refractivity contribution is 6.98. The van der Waals surface area contributed by atoms with Crippen molar-refractivity contribution in [2.24, 2.45) is 0 Å². The van der Waals surface area contributed by atoms with Gasteiger partial charge in [-0.15, -0.1) is 0 Å². The van der Waals surface area contributed by atoms with E-state index in [-0.39, 0.29) is 13.4 Å². The molecule has 218 valence electrons. The Labute approximate surface area is 275 Å². The summed E-state index contributed by atoms with van der Waals surface area (Å²) in [5.41, 5.74) is 14.5. The molecule has 0 unspecified atom stereocenters. The number of anilines is 6. The Hall–Kier alpha value is -5.93. The highest BCUT2D eigenvalue weighted by Gasteiger charge is 2.38. The first kappa shape index (κ1) is 26.3. The lowest BCUT2D eigenvalue weighted by atomic mass is 9.35. The van der Waals surface area contributed by atoms with Crippen molar-refractivity contribution in [1.29, 1.82) is 0 Å². The highest BCUT2D eigenvalue weighted by atomic mass is 16.5. The number of hydrogen-bond acceptors (Lipinski definition) is 3. The van der Waals surface area contributed by atoms with Crippen molar-refractivity contribution >= 4 is 80.3 Å². The van der Waals surface area contributed by atoms with Crippen molar-refractivity contribution in [2.45, 2.75) is 0 Å². The molecular formula is C42H28B2N2O. The van der Waals surface area contributed by atoms with Crippen molar-refractivity contribution in [3.63, 3.8) is 0 Å². The van der Waals surface area contributed by atoms with Crippen LogP contribution in [0.1, 0.15) is 0 Å². The van der Waals surface area contributed by atoms with E-state index in [4.69, 9.17) is 4.74 Å². The van der Waals surface area contributed by atoms with E-state index in [1.807, 2.05) is 0 Å². The third-order valence-corrected chi connectivity index (χ3v) is 9.93. The molecule has 7 aromatic carbocycles. The first-order chi connectivity index (χ1) is 23.3. The van der Waals surface area contributed by atoms with E-state index in [1.165, 1.54) is 44.2 Å². The maximum atomic E-state index is 6.75. The van der Waals surface area contributed by atoms with Crippen LogP contribution in [0.4, 0.5) is 34.1 Å². The predicted molar refractivity (Wildman–Crippen MR) is 198 cm³/mol. The quantitative estimate of drug-likeness (QED) is 0.215. The standard InChI is InChI=1S/C42H28B2N2O/c1-3-12-29(13-4-1)43-35-18-7-9-20-39(35)45-31-16-11-17-32(26-31)46-40-21-10-8-19-36(40)44(30-14-5-2-6-15-30)38-25-23-34(28-42(38)46)47-33-22-24-37(43)41(45)27-33/h1-28H. The molecule has 0 saturated heterocycles. The minimum Gasteiger partial charge on any atom is -0.457 e. The molecule has 0 atom stereocenters. The van der Waals surface area contributed by atoms with Crippen molar-refractivity contribution in [3.05, 3.63) is 170 Å². The second-order valence-corrected chi connectivity index (χ2v) is 12.5. The molecule has 3 heterocycles. The maximum absolute atomic E-state index is 6.75. The summed E-state index contributed by atoms with van der Waals surface area (Å²) in [5.74, 6) is 1.64. The first-order valence-electron chi connectivity index (χ1n) is 16.3. The largest absolute Gasteiger partial charge is 0.457 e. The zero-order valence-corrected chi connectivity index (χ0v) is 25.6. The topological polar surface area (TPSA) is 15.7 Å². The third kappa shape index (κ3) is 4.03. The van der Waals surface area contributed by atoms with E-state index in [0.29, 0.717) is 0 Å². The van der Waals surface area contributed by atoms with Gasteiger partial charge in [-0.1, -0.05) is 126 Å². The molecule has 7 aromatic rings. The minimum atomic E-state index is 0.110. The first-order valence-corrected chi connectivity index (χ1v) is 16.3. The summed E-state index contributed by atoms with van der Waals surface area (Å²) in [7, 11) is 0. The summed E-state index contributed by atoms with van der Waals surface area (Å²) < 4.78 is 6.75. The Morgan fingerprint density at radius 3 is 1.26 bits per heavy atom. The second kappa shape index (κ2) is 10.3. The lowest BCUT2D eigenvalue weighted by Gasteiger charge is -2.39. The monoisotopic (exact) mass is 598 g/mol. The Balaban J connectivity index is 1.25. The van der Waals surface area contributed by atoms with Gasteiger partial charge in [0, 0.05) is 46.3 Å². The average Bonchev–Trinajstić information content (AvgIpc) is 3.13. The third-order valence-electron chi connectivity index (χ3n) is 9.93. The molecule has 3 aliphatic rings. The Bertz CT molecular complexity index is 2160. The smallest absolute Gasteiger partial charge is 0.246 e. The van der Waals surface area contributed by atoms with Gasteiger partial charge in [0.05, 0.1) is 0 Å². The van der Waals surface area contributed by atoms with Crippen LogP contribution < -0.4 is 47.3 Å². The van der Waals surface area contributed by atoms with Crippen LogP contribution in [0.25, 0.3) is 0 Å². The van der Waals surface area contributed by atoms with Gasteiger partial charge in [-0.05, 0) is 64.3 Å². The molecule has 10 rings (SSSR count). The highest BCUT2D eigenvalue weighted by Crippen LogP contribution is 2.44. The molecule has 0 radical (unpaired) electrons. The maximum Gasteiger partial charge on any atom is 0.246 e. The molecule has 47 heavy (non-hydrogen) atoms. The average molecular weight is 598 g/mol. The summed E-state index contributed by atoms with van der Waals surface area (Å²) >= 11 is 0. The summed E-state index contributed by atoms with van der Waals surface area (Å²) in [5, 5.41) is 0. The molecule has 3 aliphatic heterocycles. The second-order valence-electron chi connectivity index (χ2n) is 12.5. The summed E-state index contributed by atoms with van der Waals surface area (Å²) in [6, 6.07) is 61.6. The number of hydrogen-bond donors (Lipinski definition) is 0. The van der Waals surface area contributed by atoms with Crippen LogP contribution in [0.3, 0.4) is 0 Å². The number of fused-ring (bicyclic) bond motifs is 10. The fourth-order valence-corrected chi connectivity index (χ4v) is 7.99. The number of rotatable bonds is 2. The van der Waals surface area contributed by atoms with Crippen molar-refractivity contribution in [2.75, 3.05) is 9.80 Å². The van der Waals surface area contributed by atoms with E-state index in [1.54, 1.807) is 0 Å². The van der Waals surface area contributed by atoms with Crippen LogP contribution in [-0.4, -0.2) is 13.4 Å². The lowest BCUT2D eigenvalue weighted by Crippen LogP contribution is -2.57. The lowest BCUT2D eigenvalue weighted by molar-refractivity contribution is 0.483. The van der Waals surface area contributed by atoms with E-state index in [9.17, 15) is 0 Å². The van der Waals surface area contributed by atoms with Gasteiger partial charge in [-0.25, -0.2) is 0 Å². The minimum absolute atomic E-state index is 0.110. The van der Waals surface area contributed by atoms with Crippen LogP contribution >= 0.6 is 0 Å².